The minimum absolute atomic E-state index is 0.0461. The lowest BCUT2D eigenvalue weighted by atomic mass is 10.1. The number of benzene rings is 1. The molecule has 0 bridgehead atoms. The van der Waals surface area contributed by atoms with Crippen LogP contribution in [0.15, 0.2) is 18.2 Å². The maximum Gasteiger partial charge on any atom is 0.219 e. The Kier molecular flexibility index (Phi) is 8.47. The van der Waals surface area contributed by atoms with E-state index >= 15 is 0 Å². The number of carbonyl (C=O) groups excluding carboxylic acids is 1. The zero-order chi connectivity index (χ0) is 15.5. The quantitative estimate of drug-likeness (QED) is 0.644. The lowest BCUT2D eigenvalue weighted by Gasteiger charge is -2.14. The van der Waals surface area contributed by atoms with Gasteiger partial charge in [-0.2, -0.15) is 0 Å². The molecule has 1 rings (SSSR count). The van der Waals surface area contributed by atoms with Gasteiger partial charge in [0, 0.05) is 39.2 Å². The van der Waals surface area contributed by atoms with E-state index in [0.29, 0.717) is 26.1 Å². The molecule has 0 aliphatic carbocycles. The Morgan fingerprint density at radius 2 is 2.10 bits per heavy atom. The summed E-state index contributed by atoms with van der Waals surface area (Å²) < 4.78 is 10.9. The molecular weight excluding hydrogens is 268 g/mol. The number of ether oxygens (including phenoxy) is 2. The summed E-state index contributed by atoms with van der Waals surface area (Å²) in [6.07, 6.45) is 1.20. The topological polar surface area (TPSA) is 59.6 Å². The lowest BCUT2D eigenvalue weighted by molar-refractivity contribution is -0.120. The van der Waals surface area contributed by atoms with Crippen molar-refractivity contribution in [3.63, 3.8) is 0 Å². The van der Waals surface area contributed by atoms with E-state index in [9.17, 15) is 4.79 Å². The normalized spacial score (nSPS) is 10.4. The molecule has 1 aromatic rings. The summed E-state index contributed by atoms with van der Waals surface area (Å²) in [6, 6.07) is 6.12. The Balaban J connectivity index is 2.48. The molecule has 2 N–H and O–H groups in total. The molecule has 118 valence electrons. The molecule has 0 saturated heterocycles. The highest BCUT2D eigenvalue weighted by atomic mass is 16.5. The second-order valence-electron chi connectivity index (χ2n) is 4.86. The van der Waals surface area contributed by atoms with Gasteiger partial charge in [0.2, 0.25) is 5.91 Å². The van der Waals surface area contributed by atoms with Crippen molar-refractivity contribution in [1.82, 2.24) is 10.6 Å². The third kappa shape index (κ3) is 6.60. The summed E-state index contributed by atoms with van der Waals surface area (Å²) in [5.41, 5.74) is 2.24. The van der Waals surface area contributed by atoms with E-state index in [0.717, 1.165) is 30.0 Å². The molecule has 0 aliphatic rings. The van der Waals surface area contributed by atoms with Crippen LogP contribution in [0.4, 0.5) is 0 Å². The molecule has 0 radical (unpaired) electrons. The maximum atomic E-state index is 11.2. The fourth-order valence-corrected chi connectivity index (χ4v) is 1.99. The molecule has 21 heavy (non-hydrogen) atoms. The smallest absolute Gasteiger partial charge is 0.219 e. The van der Waals surface area contributed by atoms with Crippen molar-refractivity contribution in [3.05, 3.63) is 29.3 Å². The Hall–Kier alpha value is -1.59. The third-order valence-corrected chi connectivity index (χ3v) is 3.17. The number of hydrogen-bond acceptors (Lipinski definition) is 4. The molecule has 0 aliphatic heterocycles. The first-order valence-electron chi connectivity index (χ1n) is 7.30. The van der Waals surface area contributed by atoms with Gasteiger partial charge in [0.15, 0.2) is 0 Å². The Morgan fingerprint density at radius 1 is 1.29 bits per heavy atom. The van der Waals surface area contributed by atoms with Gasteiger partial charge >= 0.3 is 0 Å². The zero-order valence-corrected chi connectivity index (χ0v) is 13.2. The molecule has 1 aromatic carbocycles. The zero-order valence-electron chi connectivity index (χ0n) is 13.2. The molecule has 0 heterocycles. The number of aryl methyl sites for hydroxylation is 1. The summed E-state index contributed by atoms with van der Waals surface area (Å²) in [7, 11) is 3.34. The van der Waals surface area contributed by atoms with E-state index in [4.69, 9.17) is 9.47 Å². The largest absolute Gasteiger partial charge is 0.493 e. The second-order valence-corrected chi connectivity index (χ2v) is 4.86. The van der Waals surface area contributed by atoms with Crippen molar-refractivity contribution < 1.29 is 14.3 Å². The first kappa shape index (κ1) is 17.5. The number of hydrogen-bond donors (Lipinski definition) is 2. The van der Waals surface area contributed by atoms with Gasteiger partial charge < -0.3 is 20.1 Å². The summed E-state index contributed by atoms with van der Waals surface area (Å²) in [4.78, 5) is 11.2. The predicted octanol–water partition coefficient (Wildman–Crippen LogP) is 1.64. The van der Waals surface area contributed by atoms with Crippen LogP contribution in [0, 0.1) is 6.92 Å². The van der Waals surface area contributed by atoms with Crippen molar-refractivity contribution in [2.45, 2.75) is 26.3 Å². The first-order valence-corrected chi connectivity index (χ1v) is 7.30. The molecule has 0 atom stereocenters. The number of para-hydroxylation sites is 1. The van der Waals surface area contributed by atoms with E-state index in [1.165, 1.54) is 0 Å². The van der Waals surface area contributed by atoms with Crippen molar-refractivity contribution in [3.8, 4) is 5.75 Å². The van der Waals surface area contributed by atoms with Crippen LogP contribution < -0.4 is 15.4 Å². The van der Waals surface area contributed by atoms with Gasteiger partial charge in [0.1, 0.15) is 5.75 Å². The highest BCUT2D eigenvalue weighted by Crippen LogP contribution is 2.23. The number of methoxy groups -OCH3 is 1. The van der Waals surface area contributed by atoms with Crippen LogP contribution in [0.3, 0.4) is 0 Å². The minimum Gasteiger partial charge on any atom is -0.493 e. The van der Waals surface area contributed by atoms with E-state index in [1.54, 1.807) is 14.2 Å². The monoisotopic (exact) mass is 294 g/mol. The van der Waals surface area contributed by atoms with Crippen LogP contribution in [0.1, 0.15) is 24.0 Å². The van der Waals surface area contributed by atoms with Crippen LogP contribution in [-0.2, 0) is 16.1 Å². The summed E-state index contributed by atoms with van der Waals surface area (Å²) in [6.45, 7) is 4.82. The molecule has 5 nitrogen and oxygen atoms in total. The standard InChI is InChI=1S/C16H26N2O3/c1-13-6-4-7-14(12-18-9-11-20-3)16(13)21-10-5-8-15(19)17-2/h4,6-7,18H,5,8-12H2,1-3H3,(H,17,19). The van der Waals surface area contributed by atoms with Gasteiger partial charge in [-0.15, -0.1) is 0 Å². The molecule has 0 aromatic heterocycles. The number of amides is 1. The lowest BCUT2D eigenvalue weighted by Crippen LogP contribution is -2.20. The van der Waals surface area contributed by atoms with E-state index in [-0.39, 0.29) is 5.91 Å². The Bertz CT molecular complexity index is 436. The molecule has 0 fully saturated rings. The molecule has 0 unspecified atom stereocenters. The molecular formula is C16H26N2O3. The van der Waals surface area contributed by atoms with Crippen molar-refractivity contribution in [1.29, 1.82) is 0 Å². The first-order chi connectivity index (χ1) is 10.2. The van der Waals surface area contributed by atoms with Gasteiger partial charge in [-0.25, -0.2) is 0 Å². The SMILES string of the molecule is CNC(=O)CCCOc1c(C)cccc1CNCCOC. The van der Waals surface area contributed by atoms with Gasteiger partial charge in [-0.1, -0.05) is 18.2 Å². The number of nitrogens with one attached hydrogen (secondary N) is 2. The van der Waals surface area contributed by atoms with E-state index in [2.05, 4.69) is 16.7 Å². The van der Waals surface area contributed by atoms with Crippen molar-refractivity contribution in [2.75, 3.05) is 33.9 Å². The number of carbonyl (C=O) groups is 1. The summed E-state index contributed by atoms with van der Waals surface area (Å²) in [5.74, 6) is 0.962. The van der Waals surface area contributed by atoms with Gasteiger partial charge in [-0.3, -0.25) is 4.79 Å². The minimum atomic E-state index is 0.0461. The average Bonchev–Trinajstić information content (AvgIpc) is 2.49. The third-order valence-electron chi connectivity index (χ3n) is 3.17. The average molecular weight is 294 g/mol. The predicted molar refractivity (Wildman–Crippen MR) is 83.6 cm³/mol. The molecule has 0 saturated carbocycles. The molecule has 5 heteroatoms. The van der Waals surface area contributed by atoms with Crippen LogP contribution in [-0.4, -0.2) is 39.8 Å². The van der Waals surface area contributed by atoms with Crippen molar-refractivity contribution >= 4 is 5.91 Å². The van der Waals surface area contributed by atoms with Crippen LogP contribution in [0.2, 0.25) is 0 Å². The van der Waals surface area contributed by atoms with Crippen LogP contribution >= 0.6 is 0 Å². The fourth-order valence-electron chi connectivity index (χ4n) is 1.99. The van der Waals surface area contributed by atoms with Gasteiger partial charge in [0.25, 0.3) is 0 Å². The summed E-state index contributed by atoms with van der Waals surface area (Å²) >= 11 is 0. The Morgan fingerprint density at radius 3 is 2.81 bits per heavy atom. The van der Waals surface area contributed by atoms with Crippen LogP contribution in [0.5, 0.6) is 5.75 Å². The van der Waals surface area contributed by atoms with Gasteiger partial charge in [-0.05, 0) is 18.9 Å². The number of rotatable bonds is 10. The van der Waals surface area contributed by atoms with E-state index in [1.807, 2.05) is 19.1 Å². The second kappa shape index (κ2) is 10.2. The molecule has 0 spiro atoms. The maximum absolute atomic E-state index is 11.2. The fraction of sp³-hybridized carbons (Fsp3) is 0.562. The summed E-state index contributed by atoms with van der Waals surface area (Å²) in [5, 5.41) is 5.93. The van der Waals surface area contributed by atoms with Gasteiger partial charge in [0.05, 0.1) is 13.2 Å². The highest BCUT2D eigenvalue weighted by Gasteiger charge is 2.07. The van der Waals surface area contributed by atoms with Crippen LogP contribution in [0.25, 0.3) is 0 Å². The van der Waals surface area contributed by atoms with E-state index < -0.39 is 0 Å². The van der Waals surface area contributed by atoms with Crippen molar-refractivity contribution in [2.24, 2.45) is 0 Å². The highest BCUT2D eigenvalue weighted by molar-refractivity contribution is 5.75. The Labute approximate surface area is 127 Å². The molecule has 1 amide bonds.